The number of hydrogen-bond acceptors (Lipinski definition) is 1. The number of carboxylic acids is 1. The van der Waals surface area contributed by atoms with Gasteiger partial charge in [0.2, 0.25) is 0 Å². The van der Waals surface area contributed by atoms with Crippen LogP contribution in [0.5, 0.6) is 0 Å². The second-order valence-corrected chi connectivity index (χ2v) is 3.00. The molecule has 1 aromatic rings. The Balaban J connectivity index is 2.58. The highest BCUT2D eigenvalue weighted by Crippen LogP contribution is 1.94. The van der Waals surface area contributed by atoms with Crippen LogP contribution < -0.4 is 4.68 Å². The number of carbonyl (C=O) groups is 1. The topological polar surface area (TPSA) is 57.0 Å². The number of hydrogen-bond donors (Lipinski definition) is 2. The average molecular weight is 169 g/mol. The summed E-state index contributed by atoms with van der Waals surface area (Å²) >= 11 is 0. The summed E-state index contributed by atoms with van der Waals surface area (Å²) in [4.78, 5) is 10.5. The van der Waals surface area contributed by atoms with E-state index in [1.54, 1.807) is 11.6 Å². The lowest BCUT2D eigenvalue weighted by Gasteiger charge is -1.97. The van der Waals surface area contributed by atoms with E-state index in [4.69, 9.17) is 5.11 Å². The van der Waals surface area contributed by atoms with Gasteiger partial charge in [-0.2, -0.15) is 5.10 Å². The molecule has 0 unspecified atom stereocenters. The highest BCUT2D eigenvalue weighted by molar-refractivity contribution is 5.69. The van der Waals surface area contributed by atoms with Crippen molar-refractivity contribution in [1.29, 1.82) is 0 Å². The van der Waals surface area contributed by atoms with Crippen LogP contribution in [-0.2, 0) is 11.3 Å². The van der Waals surface area contributed by atoms with Crippen LogP contribution in [0.2, 0.25) is 0 Å². The van der Waals surface area contributed by atoms with Crippen LogP contribution in [0.4, 0.5) is 0 Å². The van der Waals surface area contributed by atoms with Gasteiger partial charge in [0.05, 0.1) is 5.69 Å². The Labute approximate surface area is 70.8 Å². The number of nitrogens with one attached hydrogen (secondary N) is 1. The standard InChI is InChI=1S/C8H12N2O2/c1-6(8(11)12)5-10-4-3-7(2)9-10/h3-4,6H,5H2,1-2H3,(H,11,12)/p+1/t6-/m1/s1. The van der Waals surface area contributed by atoms with Crippen molar-refractivity contribution in [2.24, 2.45) is 5.92 Å². The number of aromatic amines is 1. The molecule has 0 saturated heterocycles. The summed E-state index contributed by atoms with van der Waals surface area (Å²) in [6.07, 6.45) is 1.84. The lowest BCUT2D eigenvalue weighted by Crippen LogP contribution is -2.40. The van der Waals surface area contributed by atoms with Gasteiger partial charge in [-0.15, -0.1) is 4.68 Å². The van der Waals surface area contributed by atoms with Crippen molar-refractivity contribution in [3.8, 4) is 0 Å². The van der Waals surface area contributed by atoms with Crippen LogP contribution in [0, 0.1) is 12.8 Å². The van der Waals surface area contributed by atoms with Crippen LogP contribution in [0.25, 0.3) is 0 Å². The van der Waals surface area contributed by atoms with Crippen LogP contribution in [0.15, 0.2) is 12.3 Å². The monoisotopic (exact) mass is 169 g/mol. The third-order valence-corrected chi connectivity index (χ3v) is 1.72. The molecule has 0 bridgehead atoms. The van der Waals surface area contributed by atoms with E-state index in [1.807, 2.05) is 19.2 Å². The fraction of sp³-hybridized carbons (Fsp3) is 0.500. The van der Waals surface area contributed by atoms with Crippen molar-refractivity contribution >= 4 is 5.97 Å². The molecule has 1 atom stereocenters. The van der Waals surface area contributed by atoms with Crippen LogP contribution in [0.1, 0.15) is 12.6 Å². The molecular formula is C8H13N2O2+. The van der Waals surface area contributed by atoms with E-state index < -0.39 is 5.97 Å². The van der Waals surface area contributed by atoms with Gasteiger partial charge in [0.15, 0.2) is 12.7 Å². The molecule has 2 N–H and O–H groups in total. The van der Waals surface area contributed by atoms with E-state index in [2.05, 4.69) is 5.10 Å². The van der Waals surface area contributed by atoms with Gasteiger partial charge >= 0.3 is 5.97 Å². The number of rotatable bonds is 3. The van der Waals surface area contributed by atoms with Crippen molar-refractivity contribution in [3.63, 3.8) is 0 Å². The first-order valence-electron chi connectivity index (χ1n) is 3.87. The highest BCUT2D eigenvalue weighted by atomic mass is 16.4. The number of H-pyrrole nitrogens is 1. The van der Waals surface area contributed by atoms with Gasteiger partial charge in [-0.1, -0.05) is 0 Å². The average Bonchev–Trinajstić information content (AvgIpc) is 2.35. The molecule has 1 rings (SSSR count). The molecule has 0 fully saturated rings. The first kappa shape index (κ1) is 8.77. The Morgan fingerprint density at radius 3 is 2.92 bits per heavy atom. The zero-order valence-electron chi connectivity index (χ0n) is 7.24. The van der Waals surface area contributed by atoms with Crippen molar-refractivity contribution in [2.45, 2.75) is 20.4 Å². The van der Waals surface area contributed by atoms with Crippen molar-refractivity contribution in [2.75, 3.05) is 0 Å². The van der Waals surface area contributed by atoms with E-state index in [0.717, 1.165) is 5.69 Å². The Morgan fingerprint density at radius 1 is 1.83 bits per heavy atom. The molecule has 1 aromatic heterocycles. The molecule has 1 heterocycles. The third-order valence-electron chi connectivity index (χ3n) is 1.72. The lowest BCUT2D eigenvalue weighted by atomic mass is 10.2. The maximum absolute atomic E-state index is 10.5. The maximum atomic E-state index is 10.5. The molecule has 4 heteroatoms. The predicted molar refractivity (Wildman–Crippen MR) is 42.5 cm³/mol. The van der Waals surface area contributed by atoms with E-state index in [9.17, 15) is 4.79 Å². The van der Waals surface area contributed by atoms with Crippen LogP contribution in [0.3, 0.4) is 0 Å². The molecule has 4 nitrogen and oxygen atoms in total. The minimum absolute atomic E-state index is 0.354. The van der Waals surface area contributed by atoms with Crippen molar-refractivity contribution in [3.05, 3.63) is 18.0 Å². The first-order valence-corrected chi connectivity index (χ1v) is 3.87. The minimum atomic E-state index is -0.769. The Hall–Kier alpha value is -1.32. The Morgan fingerprint density at radius 2 is 2.50 bits per heavy atom. The fourth-order valence-electron chi connectivity index (χ4n) is 0.982. The number of carboxylic acid groups (broad SMARTS) is 1. The molecule has 0 aromatic carbocycles. The molecule has 0 aliphatic rings. The number of nitrogens with zero attached hydrogens (tertiary/aromatic N) is 1. The van der Waals surface area contributed by atoms with Gasteiger partial charge in [0.1, 0.15) is 5.92 Å². The van der Waals surface area contributed by atoms with Gasteiger partial charge in [0, 0.05) is 6.07 Å². The van der Waals surface area contributed by atoms with Gasteiger partial charge in [-0.3, -0.25) is 4.79 Å². The van der Waals surface area contributed by atoms with Crippen LogP contribution in [-0.4, -0.2) is 16.2 Å². The molecule has 0 saturated carbocycles. The molecule has 0 radical (unpaired) electrons. The van der Waals surface area contributed by atoms with E-state index >= 15 is 0 Å². The number of aromatic nitrogens is 2. The first-order chi connectivity index (χ1) is 5.59. The summed E-state index contributed by atoms with van der Waals surface area (Å²) in [6, 6.07) is 1.91. The van der Waals surface area contributed by atoms with E-state index in [-0.39, 0.29) is 5.92 Å². The fourth-order valence-corrected chi connectivity index (χ4v) is 0.982. The van der Waals surface area contributed by atoms with Gasteiger partial charge in [0.25, 0.3) is 0 Å². The van der Waals surface area contributed by atoms with Gasteiger partial charge < -0.3 is 5.11 Å². The summed E-state index contributed by atoms with van der Waals surface area (Å²) in [5, 5.41) is 11.6. The summed E-state index contributed by atoms with van der Waals surface area (Å²) in [5.74, 6) is -1.12. The molecule has 0 amide bonds. The minimum Gasteiger partial charge on any atom is -0.481 e. The largest absolute Gasteiger partial charge is 0.481 e. The quantitative estimate of drug-likeness (QED) is 0.641. The molecule has 66 valence electrons. The molecule has 0 aliphatic heterocycles. The second kappa shape index (κ2) is 3.38. The number of aryl methyl sites for hydroxylation is 1. The molecule has 12 heavy (non-hydrogen) atoms. The summed E-state index contributed by atoms with van der Waals surface area (Å²) in [6.45, 7) is 4.11. The lowest BCUT2D eigenvalue weighted by molar-refractivity contribution is -0.753. The van der Waals surface area contributed by atoms with E-state index in [1.165, 1.54) is 0 Å². The SMILES string of the molecule is Cc1cc[n+](C[C@@H](C)C(=O)O)[nH]1. The number of aliphatic carboxylic acids is 1. The van der Waals surface area contributed by atoms with Crippen molar-refractivity contribution in [1.82, 2.24) is 5.10 Å². The molecule has 0 aliphatic carbocycles. The smallest absolute Gasteiger partial charge is 0.312 e. The summed E-state index contributed by atoms with van der Waals surface area (Å²) < 4.78 is 1.77. The maximum Gasteiger partial charge on any atom is 0.312 e. The summed E-state index contributed by atoms with van der Waals surface area (Å²) in [5.41, 5.74) is 1.03. The Bertz CT molecular complexity index is 280. The van der Waals surface area contributed by atoms with Gasteiger partial charge in [-0.25, -0.2) is 0 Å². The predicted octanol–water partition coefficient (Wildman–Crippen LogP) is 0.331. The zero-order chi connectivity index (χ0) is 9.14. The zero-order valence-corrected chi connectivity index (χ0v) is 7.24. The highest BCUT2D eigenvalue weighted by Gasteiger charge is 2.17. The molecular weight excluding hydrogens is 156 g/mol. The Kier molecular flexibility index (Phi) is 2.47. The van der Waals surface area contributed by atoms with E-state index in [0.29, 0.717) is 6.54 Å². The molecule has 0 spiro atoms. The normalized spacial score (nSPS) is 12.8. The van der Waals surface area contributed by atoms with Gasteiger partial charge in [-0.05, 0) is 13.8 Å². The third kappa shape index (κ3) is 2.08. The van der Waals surface area contributed by atoms with Crippen molar-refractivity contribution < 1.29 is 14.6 Å². The second-order valence-electron chi connectivity index (χ2n) is 3.00. The van der Waals surface area contributed by atoms with Crippen LogP contribution >= 0.6 is 0 Å². The summed E-state index contributed by atoms with van der Waals surface area (Å²) in [7, 11) is 0.